The van der Waals surface area contributed by atoms with Crippen LogP contribution < -0.4 is 9.46 Å². The highest BCUT2D eigenvalue weighted by atomic mass is 32.2. The number of benzene rings is 1. The first-order chi connectivity index (χ1) is 10.8. The minimum absolute atomic E-state index is 0.0374. The third-order valence-electron chi connectivity index (χ3n) is 2.81. The van der Waals surface area contributed by atoms with Crippen LogP contribution in [0.5, 0.6) is 5.75 Å². The van der Waals surface area contributed by atoms with Crippen molar-refractivity contribution in [2.45, 2.75) is 24.7 Å². The van der Waals surface area contributed by atoms with Gasteiger partial charge in [-0.1, -0.05) is 0 Å². The van der Waals surface area contributed by atoms with Crippen molar-refractivity contribution in [3.05, 3.63) is 28.3 Å². The highest BCUT2D eigenvalue weighted by Crippen LogP contribution is 2.28. The Hall–Kier alpha value is -2.20. The quantitative estimate of drug-likeness (QED) is 0.308. The molecule has 0 fully saturated rings. The van der Waals surface area contributed by atoms with Gasteiger partial charge in [0.2, 0.25) is 10.0 Å². The summed E-state index contributed by atoms with van der Waals surface area (Å²) in [6.07, 6.45) is 0.281. The third-order valence-corrected chi connectivity index (χ3v) is 4.32. The van der Waals surface area contributed by atoms with Crippen LogP contribution in [-0.2, 0) is 19.6 Å². The van der Waals surface area contributed by atoms with Crippen molar-refractivity contribution in [3.8, 4) is 5.75 Å². The summed E-state index contributed by atoms with van der Waals surface area (Å²) >= 11 is 0. The van der Waals surface area contributed by atoms with E-state index in [1.165, 1.54) is 13.2 Å². The number of sulfonamides is 1. The van der Waals surface area contributed by atoms with Crippen LogP contribution in [0.4, 0.5) is 5.69 Å². The summed E-state index contributed by atoms with van der Waals surface area (Å²) in [6, 6.07) is 3.46. The second kappa shape index (κ2) is 8.44. The van der Waals surface area contributed by atoms with Crippen molar-refractivity contribution in [2.24, 2.45) is 0 Å². The highest BCUT2D eigenvalue weighted by molar-refractivity contribution is 7.89. The predicted octanol–water partition coefficient (Wildman–Crippen LogP) is 1.22. The molecule has 0 aliphatic rings. The van der Waals surface area contributed by atoms with E-state index in [1.807, 2.05) is 0 Å². The van der Waals surface area contributed by atoms with Gasteiger partial charge >= 0.3 is 5.97 Å². The second-order valence-corrected chi connectivity index (χ2v) is 6.13. The van der Waals surface area contributed by atoms with Gasteiger partial charge in [-0.3, -0.25) is 14.9 Å². The Balaban J connectivity index is 2.80. The zero-order chi connectivity index (χ0) is 17.5. The van der Waals surface area contributed by atoms with E-state index < -0.39 is 31.5 Å². The van der Waals surface area contributed by atoms with Crippen LogP contribution in [0.2, 0.25) is 0 Å². The van der Waals surface area contributed by atoms with Crippen molar-refractivity contribution < 1.29 is 27.6 Å². The molecule has 23 heavy (non-hydrogen) atoms. The van der Waals surface area contributed by atoms with E-state index in [4.69, 9.17) is 9.47 Å². The fourth-order valence-electron chi connectivity index (χ4n) is 1.74. The third kappa shape index (κ3) is 5.49. The van der Waals surface area contributed by atoms with E-state index in [-0.39, 0.29) is 31.7 Å². The maximum Gasteiger partial charge on any atom is 0.305 e. The molecule has 0 aliphatic carbocycles. The van der Waals surface area contributed by atoms with Gasteiger partial charge in [0.15, 0.2) is 4.90 Å². The van der Waals surface area contributed by atoms with E-state index in [0.29, 0.717) is 0 Å². The van der Waals surface area contributed by atoms with Crippen LogP contribution in [-0.4, -0.2) is 39.6 Å². The molecule has 0 bridgehead atoms. The summed E-state index contributed by atoms with van der Waals surface area (Å²) in [4.78, 5) is 20.9. The van der Waals surface area contributed by atoms with Crippen molar-refractivity contribution in [1.29, 1.82) is 0 Å². The Labute approximate surface area is 133 Å². The Kier molecular flexibility index (Phi) is 6.91. The van der Waals surface area contributed by atoms with Gasteiger partial charge in [0.25, 0.3) is 5.69 Å². The number of nitro groups is 1. The molecule has 1 aromatic rings. The fraction of sp³-hybridized carbons (Fsp3) is 0.462. The van der Waals surface area contributed by atoms with Crippen LogP contribution >= 0.6 is 0 Å². The monoisotopic (exact) mass is 346 g/mol. The molecule has 0 saturated heterocycles. The SMILES string of the molecule is CCOC(=O)CCCNS(=O)(=O)c1ccc(OC)cc1[N+](=O)[O-]. The molecule has 1 aromatic carbocycles. The zero-order valence-electron chi connectivity index (χ0n) is 12.8. The maximum atomic E-state index is 12.2. The molecule has 0 spiro atoms. The van der Waals surface area contributed by atoms with Gasteiger partial charge in [-0.25, -0.2) is 13.1 Å². The zero-order valence-corrected chi connectivity index (χ0v) is 13.6. The number of ether oxygens (including phenoxy) is 2. The number of carbonyl (C=O) groups excluding carboxylic acids is 1. The molecule has 0 unspecified atom stereocenters. The molecule has 1 N–H and O–H groups in total. The van der Waals surface area contributed by atoms with Gasteiger partial charge < -0.3 is 9.47 Å². The molecule has 128 valence electrons. The lowest BCUT2D eigenvalue weighted by atomic mass is 10.3. The summed E-state index contributed by atoms with van der Waals surface area (Å²) in [5, 5.41) is 11.0. The number of nitro benzene ring substituents is 1. The molecule has 0 radical (unpaired) electrons. The molecular weight excluding hydrogens is 328 g/mol. The summed E-state index contributed by atoms with van der Waals surface area (Å²) < 4.78 is 36.1. The second-order valence-electron chi connectivity index (χ2n) is 4.40. The summed E-state index contributed by atoms with van der Waals surface area (Å²) in [5.41, 5.74) is -0.581. The maximum absolute atomic E-state index is 12.2. The smallest absolute Gasteiger partial charge is 0.305 e. The van der Waals surface area contributed by atoms with Crippen molar-refractivity contribution in [3.63, 3.8) is 0 Å². The molecule has 9 nitrogen and oxygen atoms in total. The Morgan fingerprint density at radius 3 is 2.65 bits per heavy atom. The van der Waals surface area contributed by atoms with Crippen LogP contribution in [0.3, 0.4) is 0 Å². The number of nitrogens with one attached hydrogen (secondary N) is 1. The van der Waals surface area contributed by atoms with E-state index >= 15 is 0 Å². The average molecular weight is 346 g/mol. The van der Waals surface area contributed by atoms with E-state index in [0.717, 1.165) is 12.1 Å². The van der Waals surface area contributed by atoms with Crippen molar-refractivity contribution >= 4 is 21.7 Å². The van der Waals surface area contributed by atoms with Crippen molar-refractivity contribution in [2.75, 3.05) is 20.3 Å². The predicted molar refractivity (Wildman–Crippen MR) is 80.7 cm³/mol. The average Bonchev–Trinajstić information content (AvgIpc) is 2.51. The normalized spacial score (nSPS) is 11.0. The molecular formula is C13H18N2O7S. The van der Waals surface area contributed by atoms with Gasteiger partial charge in [-0.2, -0.15) is 0 Å². The van der Waals surface area contributed by atoms with Crippen LogP contribution in [0.1, 0.15) is 19.8 Å². The standard InChI is InChI=1S/C13H18N2O7S/c1-3-22-13(16)5-4-8-14-23(19,20)12-7-6-10(21-2)9-11(12)15(17)18/h6-7,9,14H,3-5,8H2,1-2H3. The first-order valence-electron chi connectivity index (χ1n) is 6.79. The molecule has 0 aliphatic heterocycles. The van der Waals surface area contributed by atoms with Crippen LogP contribution in [0.15, 0.2) is 23.1 Å². The number of esters is 1. The number of methoxy groups -OCH3 is 1. The van der Waals surface area contributed by atoms with Crippen LogP contribution in [0, 0.1) is 10.1 Å². The first-order valence-corrected chi connectivity index (χ1v) is 8.28. The number of nitrogens with zero attached hydrogens (tertiary/aromatic N) is 1. The molecule has 0 amide bonds. The molecule has 0 heterocycles. The molecule has 1 rings (SSSR count). The number of rotatable bonds is 9. The van der Waals surface area contributed by atoms with E-state index in [9.17, 15) is 23.3 Å². The topological polar surface area (TPSA) is 125 Å². The molecule has 0 aromatic heterocycles. The highest BCUT2D eigenvalue weighted by Gasteiger charge is 2.26. The van der Waals surface area contributed by atoms with Gasteiger partial charge in [-0.05, 0) is 25.5 Å². The van der Waals surface area contributed by atoms with Crippen LogP contribution in [0.25, 0.3) is 0 Å². The fourth-order valence-corrected chi connectivity index (χ4v) is 2.97. The lowest BCUT2D eigenvalue weighted by molar-refractivity contribution is -0.387. The summed E-state index contributed by atoms with van der Waals surface area (Å²) in [7, 11) is -2.75. The largest absolute Gasteiger partial charge is 0.497 e. The minimum atomic E-state index is -4.07. The van der Waals surface area contributed by atoms with Gasteiger partial charge in [0.05, 0.1) is 24.7 Å². The lowest BCUT2D eigenvalue weighted by Crippen LogP contribution is -2.26. The Morgan fingerprint density at radius 1 is 1.39 bits per heavy atom. The number of hydrogen-bond donors (Lipinski definition) is 1. The molecule has 0 saturated carbocycles. The molecule has 10 heteroatoms. The summed E-state index contributed by atoms with van der Waals surface area (Å²) in [6.45, 7) is 1.89. The van der Waals surface area contributed by atoms with Gasteiger partial charge in [0, 0.05) is 13.0 Å². The van der Waals surface area contributed by atoms with Gasteiger partial charge in [-0.15, -0.1) is 0 Å². The van der Waals surface area contributed by atoms with Crippen molar-refractivity contribution in [1.82, 2.24) is 4.72 Å². The van der Waals surface area contributed by atoms with Gasteiger partial charge in [0.1, 0.15) is 5.75 Å². The minimum Gasteiger partial charge on any atom is -0.497 e. The number of carbonyl (C=O) groups is 1. The number of hydrogen-bond acceptors (Lipinski definition) is 7. The van der Waals surface area contributed by atoms with E-state index in [1.54, 1.807) is 6.92 Å². The summed E-state index contributed by atoms with van der Waals surface area (Å²) in [5.74, 6) is -0.250. The van der Waals surface area contributed by atoms with E-state index in [2.05, 4.69) is 4.72 Å². The Morgan fingerprint density at radius 2 is 2.09 bits per heavy atom. The molecule has 0 atom stereocenters. The lowest BCUT2D eigenvalue weighted by Gasteiger charge is -2.08. The Bertz CT molecular complexity index is 673. The first kappa shape index (κ1) is 18.8.